The number of rotatable bonds is 0. The summed E-state index contributed by atoms with van der Waals surface area (Å²) in [5, 5.41) is 3.39. The maximum absolute atomic E-state index is 11.0. The first-order chi connectivity index (χ1) is 7.25. The fourth-order valence-corrected chi connectivity index (χ4v) is 3.35. The van der Waals surface area contributed by atoms with E-state index in [-0.39, 0.29) is 0 Å². The lowest BCUT2D eigenvalue weighted by atomic mass is 10.2. The predicted molar refractivity (Wildman–Crippen MR) is 58.5 cm³/mol. The van der Waals surface area contributed by atoms with Crippen molar-refractivity contribution in [3.63, 3.8) is 0 Å². The molecule has 0 spiro atoms. The van der Waals surface area contributed by atoms with Gasteiger partial charge in [0, 0.05) is 25.8 Å². The highest BCUT2D eigenvalue weighted by Crippen LogP contribution is 2.43. The van der Waals surface area contributed by atoms with Gasteiger partial charge in [-0.2, -0.15) is 0 Å². The van der Waals surface area contributed by atoms with Crippen LogP contribution in [0.3, 0.4) is 0 Å². The zero-order chi connectivity index (χ0) is 10.4. The smallest absolute Gasteiger partial charge is 0.319 e. The SMILES string of the molecule is NC(=O)N1C=C2SC3NCCN3C2=CC1. The molecule has 2 amide bonds. The molecule has 6 heteroatoms. The van der Waals surface area contributed by atoms with Crippen molar-refractivity contribution >= 4 is 17.8 Å². The van der Waals surface area contributed by atoms with Crippen LogP contribution in [0.1, 0.15) is 0 Å². The van der Waals surface area contributed by atoms with Gasteiger partial charge in [-0.05, 0) is 6.08 Å². The summed E-state index contributed by atoms with van der Waals surface area (Å²) in [7, 11) is 0. The highest BCUT2D eigenvalue weighted by molar-refractivity contribution is 8.04. The molecule has 3 N–H and O–H groups in total. The molecule has 0 aromatic heterocycles. The minimum Gasteiger partial charge on any atom is -0.351 e. The third kappa shape index (κ3) is 1.32. The molecule has 3 aliphatic heterocycles. The van der Waals surface area contributed by atoms with Gasteiger partial charge < -0.3 is 10.6 Å². The molecule has 5 nitrogen and oxygen atoms in total. The quantitative estimate of drug-likeness (QED) is 0.610. The Labute approximate surface area is 92.0 Å². The second-order valence-corrected chi connectivity index (χ2v) is 4.81. The van der Waals surface area contributed by atoms with Gasteiger partial charge in [-0.25, -0.2) is 4.79 Å². The van der Waals surface area contributed by atoms with Crippen LogP contribution >= 0.6 is 11.8 Å². The second-order valence-electron chi connectivity index (χ2n) is 3.69. The summed E-state index contributed by atoms with van der Waals surface area (Å²) in [4.78, 5) is 16.0. The van der Waals surface area contributed by atoms with Crippen molar-refractivity contribution in [1.82, 2.24) is 15.1 Å². The molecule has 0 aromatic carbocycles. The van der Waals surface area contributed by atoms with E-state index < -0.39 is 6.03 Å². The van der Waals surface area contributed by atoms with E-state index in [2.05, 4.69) is 16.3 Å². The summed E-state index contributed by atoms with van der Waals surface area (Å²) in [5.41, 5.74) is 6.83. The molecule has 0 aliphatic carbocycles. The lowest BCUT2D eigenvalue weighted by Crippen LogP contribution is -2.34. The van der Waals surface area contributed by atoms with E-state index >= 15 is 0 Å². The number of urea groups is 1. The predicted octanol–water partition coefficient (Wildman–Crippen LogP) is 0.0416. The van der Waals surface area contributed by atoms with Crippen LogP contribution in [-0.2, 0) is 0 Å². The number of nitrogens with zero attached hydrogens (tertiary/aromatic N) is 2. The second kappa shape index (κ2) is 3.18. The first-order valence-electron chi connectivity index (χ1n) is 4.91. The summed E-state index contributed by atoms with van der Waals surface area (Å²) in [5.74, 6) is 0. The van der Waals surface area contributed by atoms with E-state index in [4.69, 9.17) is 5.73 Å². The first-order valence-corrected chi connectivity index (χ1v) is 5.79. The average Bonchev–Trinajstić information content (AvgIpc) is 2.75. The maximum atomic E-state index is 11.0. The number of nitrogens with one attached hydrogen (secondary N) is 1. The third-order valence-electron chi connectivity index (χ3n) is 2.79. The Morgan fingerprint density at radius 1 is 1.67 bits per heavy atom. The molecule has 3 rings (SSSR count). The monoisotopic (exact) mass is 224 g/mol. The Morgan fingerprint density at radius 2 is 2.53 bits per heavy atom. The van der Waals surface area contributed by atoms with E-state index in [1.165, 1.54) is 10.6 Å². The molecule has 0 radical (unpaired) electrons. The number of fused-ring (bicyclic) bond motifs is 3. The molecule has 0 saturated carbocycles. The highest BCUT2D eigenvalue weighted by atomic mass is 32.2. The number of amides is 2. The molecule has 3 aliphatic rings. The molecule has 2 saturated heterocycles. The van der Waals surface area contributed by atoms with Gasteiger partial charge in [0.2, 0.25) is 0 Å². The number of primary amides is 1. The summed E-state index contributed by atoms with van der Waals surface area (Å²) in [6, 6.07) is -0.390. The van der Waals surface area contributed by atoms with Gasteiger partial charge in [0.15, 0.2) is 0 Å². The summed E-state index contributed by atoms with van der Waals surface area (Å²) in [6.45, 7) is 2.65. The van der Waals surface area contributed by atoms with Crippen molar-refractivity contribution in [3.8, 4) is 0 Å². The highest BCUT2D eigenvalue weighted by Gasteiger charge is 2.37. The van der Waals surface area contributed by atoms with E-state index in [9.17, 15) is 4.79 Å². The van der Waals surface area contributed by atoms with Crippen molar-refractivity contribution in [3.05, 3.63) is 22.9 Å². The van der Waals surface area contributed by atoms with Crippen LogP contribution in [0.15, 0.2) is 22.9 Å². The molecular weight excluding hydrogens is 212 g/mol. The van der Waals surface area contributed by atoms with Crippen LogP contribution in [0.4, 0.5) is 4.79 Å². The van der Waals surface area contributed by atoms with E-state index in [0.717, 1.165) is 18.0 Å². The van der Waals surface area contributed by atoms with Gasteiger partial charge >= 0.3 is 6.03 Å². The normalized spacial score (nSPS) is 28.4. The lowest BCUT2D eigenvalue weighted by Gasteiger charge is -2.22. The minimum atomic E-state index is -0.390. The Kier molecular flexibility index (Phi) is 1.93. The molecule has 3 heterocycles. The van der Waals surface area contributed by atoms with Gasteiger partial charge in [-0.1, -0.05) is 11.8 Å². The number of hydrogen-bond donors (Lipinski definition) is 2. The van der Waals surface area contributed by atoms with Crippen molar-refractivity contribution in [2.75, 3.05) is 19.6 Å². The van der Waals surface area contributed by atoms with Crippen LogP contribution in [-0.4, -0.2) is 41.0 Å². The Bertz CT molecular complexity index is 378. The number of nitrogens with two attached hydrogens (primary N) is 1. The molecule has 15 heavy (non-hydrogen) atoms. The Morgan fingerprint density at radius 3 is 3.33 bits per heavy atom. The largest absolute Gasteiger partial charge is 0.351 e. The van der Waals surface area contributed by atoms with Crippen LogP contribution in [0.2, 0.25) is 0 Å². The van der Waals surface area contributed by atoms with E-state index in [0.29, 0.717) is 12.0 Å². The standard InChI is InChI=1S/C9H12N4OS/c10-8(14)12-3-1-6-7(5-12)15-9-11-2-4-13(6)9/h1,5,9,11H,2-4H2,(H2,10,14). The number of thioether (sulfide) groups is 1. The van der Waals surface area contributed by atoms with E-state index in [1.807, 2.05) is 6.20 Å². The molecule has 1 atom stereocenters. The topological polar surface area (TPSA) is 61.6 Å². The van der Waals surface area contributed by atoms with Crippen LogP contribution in [0.5, 0.6) is 0 Å². The molecule has 1 unspecified atom stereocenters. The van der Waals surface area contributed by atoms with Gasteiger partial charge in [0.25, 0.3) is 0 Å². The third-order valence-corrected chi connectivity index (χ3v) is 4.01. The maximum Gasteiger partial charge on any atom is 0.319 e. The average molecular weight is 224 g/mol. The van der Waals surface area contributed by atoms with Crippen LogP contribution < -0.4 is 11.1 Å². The van der Waals surface area contributed by atoms with Crippen molar-refractivity contribution in [1.29, 1.82) is 0 Å². The Hall–Kier alpha value is -1.14. The summed E-state index contributed by atoms with van der Waals surface area (Å²) < 4.78 is 0. The lowest BCUT2D eigenvalue weighted by molar-refractivity contribution is 0.227. The van der Waals surface area contributed by atoms with Gasteiger partial charge in [-0.3, -0.25) is 10.2 Å². The minimum absolute atomic E-state index is 0.343. The first kappa shape index (κ1) is 9.11. The van der Waals surface area contributed by atoms with Crippen molar-refractivity contribution < 1.29 is 4.79 Å². The molecule has 2 fully saturated rings. The molecule has 0 aromatic rings. The zero-order valence-corrected chi connectivity index (χ0v) is 8.96. The van der Waals surface area contributed by atoms with Gasteiger partial charge in [0.05, 0.1) is 10.6 Å². The number of carbonyl (C=O) groups excluding carboxylic acids is 1. The summed E-state index contributed by atoms with van der Waals surface area (Å²) >= 11 is 1.74. The molecular formula is C9H12N4OS. The summed E-state index contributed by atoms with van der Waals surface area (Å²) in [6.07, 6.45) is 3.92. The number of hydrogen-bond acceptors (Lipinski definition) is 4. The van der Waals surface area contributed by atoms with Gasteiger partial charge in [-0.15, -0.1) is 0 Å². The van der Waals surface area contributed by atoms with Crippen LogP contribution in [0, 0.1) is 0 Å². The molecule has 80 valence electrons. The molecule has 0 bridgehead atoms. The van der Waals surface area contributed by atoms with E-state index in [1.54, 1.807) is 11.8 Å². The zero-order valence-electron chi connectivity index (χ0n) is 8.14. The van der Waals surface area contributed by atoms with Crippen molar-refractivity contribution in [2.24, 2.45) is 5.73 Å². The number of carbonyl (C=O) groups is 1. The fraction of sp³-hybridized carbons (Fsp3) is 0.444. The van der Waals surface area contributed by atoms with Crippen molar-refractivity contribution in [2.45, 2.75) is 5.50 Å². The van der Waals surface area contributed by atoms with Gasteiger partial charge in [0.1, 0.15) is 5.50 Å². The Balaban J connectivity index is 1.88. The fourth-order valence-electron chi connectivity index (χ4n) is 2.06. The van der Waals surface area contributed by atoms with Crippen LogP contribution in [0.25, 0.3) is 0 Å².